The van der Waals surface area contributed by atoms with Crippen LogP contribution in [0.5, 0.6) is 0 Å². The van der Waals surface area contributed by atoms with E-state index < -0.39 is 0 Å². The van der Waals surface area contributed by atoms with Gasteiger partial charge in [0.2, 0.25) is 0 Å². The lowest BCUT2D eigenvalue weighted by atomic mass is 10.4. The van der Waals surface area contributed by atoms with E-state index in [0.717, 1.165) is 18.7 Å². The molecule has 1 heterocycles. The Bertz CT molecular complexity index is 281. The van der Waals surface area contributed by atoms with E-state index >= 15 is 0 Å². The lowest BCUT2D eigenvalue weighted by molar-refractivity contribution is 0.765. The highest BCUT2D eigenvalue weighted by atomic mass is 32.1. The normalized spacial score (nSPS) is 9.69. The van der Waals surface area contributed by atoms with E-state index in [4.69, 9.17) is 12.2 Å². The summed E-state index contributed by atoms with van der Waals surface area (Å²) >= 11 is 5.01. The Morgan fingerprint density at radius 3 is 2.92 bits per heavy atom. The maximum Gasteiger partial charge on any atom is 0.166 e. The van der Waals surface area contributed by atoms with E-state index in [9.17, 15) is 0 Å². The standard InChI is InChI=1S/C8H14N4S/c1-3-9-8(13)10-4-7-5-11-12(2)6-7/h5-6H,3-4H2,1-2H3,(H2,9,10,13). The molecule has 72 valence electrons. The number of hydrogen-bond donors (Lipinski definition) is 2. The minimum absolute atomic E-state index is 0.686. The van der Waals surface area contributed by atoms with E-state index in [1.165, 1.54) is 0 Å². The van der Waals surface area contributed by atoms with E-state index in [-0.39, 0.29) is 0 Å². The fraction of sp³-hybridized carbons (Fsp3) is 0.500. The first-order valence-corrected chi connectivity index (χ1v) is 4.62. The van der Waals surface area contributed by atoms with Gasteiger partial charge in [-0.25, -0.2) is 0 Å². The number of nitrogens with zero attached hydrogens (tertiary/aromatic N) is 2. The fourth-order valence-electron chi connectivity index (χ4n) is 0.969. The van der Waals surface area contributed by atoms with Crippen molar-refractivity contribution in [3.63, 3.8) is 0 Å². The second-order valence-corrected chi connectivity index (χ2v) is 3.14. The van der Waals surface area contributed by atoms with Crippen molar-refractivity contribution in [2.24, 2.45) is 7.05 Å². The minimum Gasteiger partial charge on any atom is -0.363 e. The van der Waals surface area contributed by atoms with Crippen LogP contribution >= 0.6 is 12.2 Å². The average Bonchev–Trinajstić information content (AvgIpc) is 2.49. The first kappa shape index (κ1) is 9.98. The van der Waals surface area contributed by atoms with E-state index in [1.807, 2.05) is 26.4 Å². The summed E-state index contributed by atoms with van der Waals surface area (Å²) in [6.45, 7) is 3.58. The largest absolute Gasteiger partial charge is 0.363 e. The first-order chi connectivity index (χ1) is 6.22. The van der Waals surface area contributed by atoms with Gasteiger partial charge in [-0.15, -0.1) is 0 Å². The molecule has 0 aliphatic heterocycles. The molecule has 0 atom stereocenters. The number of nitrogens with one attached hydrogen (secondary N) is 2. The van der Waals surface area contributed by atoms with Crippen molar-refractivity contribution >= 4 is 17.3 Å². The highest BCUT2D eigenvalue weighted by Crippen LogP contribution is 1.94. The van der Waals surface area contributed by atoms with Gasteiger partial charge >= 0.3 is 0 Å². The molecule has 1 rings (SSSR count). The molecule has 1 aromatic heterocycles. The molecular weight excluding hydrogens is 184 g/mol. The Labute approximate surface area is 83.3 Å². The number of aromatic nitrogens is 2. The van der Waals surface area contributed by atoms with Crippen LogP contribution in [0.1, 0.15) is 12.5 Å². The van der Waals surface area contributed by atoms with Crippen LogP contribution in [0, 0.1) is 0 Å². The number of thiocarbonyl (C=S) groups is 1. The molecule has 0 amide bonds. The van der Waals surface area contributed by atoms with Crippen LogP contribution in [0.3, 0.4) is 0 Å². The van der Waals surface area contributed by atoms with E-state index in [2.05, 4.69) is 15.7 Å². The summed E-state index contributed by atoms with van der Waals surface area (Å²) in [4.78, 5) is 0. The van der Waals surface area contributed by atoms with Gasteiger partial charge in [0.1, 0.15) is 0 Å². The van der Waals surface area contributed by atoms with Crippen molar-refractivity contribution in [3.8, 4) is 0 Å². The van der Waals surface area contributed by atoms with Gasteiger partial charge in [-0.2, -0.15) is 5.10 Å². The molecule has 0 unspecified atom stereocenters. The molecular formula is C8H14N4S. The maximum absolute atomic E-state index is 5.01. The van der Waals surface area contributed by atoms with Crippen molar-refractivity contribution < 1.29 is 0 Å². The van der Waals surface area contributed by atoms with E-state index in [1.54, 1.807) is 4.68 Å². The minimum atomic E-state index is 0.686. The van der Waals surface area contributed by atoms with Crippen molar-refractivity contribution in [1.29, 1.82) is 0 Å². The van der Waals surface area contributed by atoms with Crippen molar-refractivity contribution in [3.05, 3.63) is 18.0 Å². The van der Waals surface area contributed by atoms with Gasteiger partial charge in [0.25, 0.3) is 0 Å². The molecule has 0 radical (unpaired) electrons. The molecule has 0 bridgehead atoms. The topological polar surface area (TPSA) is 41.9 Å². The van der Waals surface area contributed by atoms with Gasteiger partial charge < -0.3 is 10.6 Å². The van der Waals surface area contributed by atoms with Crippen molar-refractivity contribution in [2.45, 2.75) is 13.5 Å². The molecule has 0 fully saturated rings. The summed E-state index contributed by atoms with van der Waals surface area (Å²) in [6.07, 6.45) is 3.78. The molecule has 0 aromatic carbocycles. The Balaban J connectivity index is 2.30. The lowest BCUT2D eigenvalue weighted by Crippen LogP contribution is -2.34. The highest BCUT2D eigenvalue weighted by molar-refractivity contribution is 7.80. The number of rotatable bonds is 3. The van der Waals surface area contributed by atoms with Crippen LogP contribution in [0.15, 0.2) is 12.4 Å². The second-order valence-electron chi connectivity index (χ2n) is 2.74. The average molecular weight is 198 g/mol. The molecule has 5 heteroatoms. The highest BCUT2D eigenvalue weighted by Gasteiger charge is 1.96. The Kier molecular flexibility index (Phi) is 3.70. The van der Waals surface area contributed by atoms with Crippen LogP contribution in [0.25, 0.3) is 0 Å². The predicted octanol–water partition coefficient (Wildman–Crippen LogP) is 0.404. The monoisotopic (exact) mass is 198 g/mol. The van der Waals surface area contributed by atoms with Gasteiger partial charge in [-0.05, 0) is 19.1 Å². The zero-order chi connectivity index (χ0) is 9.68. The number of hydrogen-bond acceptors (Lipinski definition) is 2. The van der Waals surface area contributed by atoms with Gasteiger partial charge in [-0.3, -0.25) is 4.68 Å². The van der Waals surface area contributed by atoms with Gasteiger partial charge in [0.05, 0.1) is 6.20 Å². The molecule has 1 aromatic rings. The van der Waals surface area contributed by atoms with Crippen molar-refractivity contribution in [2.75, 3.05) is 6.54 Å². The predicted molar refractivity (Wildman–Crippen MR) is 56.3 cm³/mol. The molecule has 13 heavy (non-hydrogen) atoms. The van der Waals surface area contributed by atoms with Gasteiger partial charge in [-0.1, -0.05) is 0 Å². The third-order valence-corrected chi connectivity index (χ3v) is 1.84. The summed E-state index contributed by atoms with van der Waals surface area (Å²) in [5, 5.41) is 10.8. The number of aryl methyl sites for hydroxylation is 1. The third kappa shape index (κ3) is 3.42. The SMILES string of the molecule is CCNC(=S)NCc1cnn(C)c1. The van der Waals surface area contributed by atoms with Crippen LogP contribution in [-0.2, 0) is 13.6 Å². The maximum atomic E-state index is 5.01. The smallest absolute Gasteiger partial charge is 0.166 e. The molecule has 0 spiro atoms. The zero-order valence-corrected chi connectivity index (χ0v) is 8.69. The first-order valence-electron chi connectivity index (χ1n) is 4.21. The molecule has 4 nitrogen and oxygen atoms in total. The summed E-state index contributed by atoms with van der Waals surface area (Å²) < 4.78 is 1.77. The van der Waals surface area contributed by atoms with Crippen LogP contribution in [0.4, 0.5) is 0 Å². The van der Waals surface area contributed by atoms with Crippen LogP contribution in [0.2, 0.25) is 0 Å². The fourth-order valence-corrected chi connectivity index (χ4v) is 1.19. The van der Waals surface area contributed by atoms with Crippen LogP contribution in [-0.4, -0.2) is 21.4 Å². The molecule has 0 saturated heterocycles. The molecule has 2 N–H and O–H groups in total. The Hall–Kier alpha value is -1.10. The molecule has 0 aliphatic rings. The third-order valence-electron chi connectivity index (χ3n) is 1.55. The lowest BCUT2D eigenvalue weighted by Gasteiger charge is -2.06. The second kappa shape index (κ2) is 4.81. The van der Waals surface area contributed by atoms with Gasteiger partial charge in [0, 0.05) is 31.9 Å². The Morgan fingerprint density at radius 2 is 2.38 bits per heavy atom. The van der Waals surface area contributed by atoms with Crippen LogP contribution < -0.4 is 10.6 Å². The molecule has 0 aliphatic carbocycles. The van der Waals surface area contributed by atoms with Crippen molar-refractivity contribution in [1.82, 2.24) is 20.4 Å². The zero-order valence-electron chi connectivity index (χ0n) is 7.87. The molecule has 0 saturated carbocycles. The summed E-state index contributed by atoms with van der Waals surface area (Å²) in [6, 6.07) is 0. The van der Waals surface area contributed by atoms with Gasteiger partial charge in [0.15, 0.2) is 5.11 Å². The summed E-state index contributed by atoms with van der Waals surface area (Å²) in [7, 11) is 1.89. The van der Waals surface area contributed by atoms with E-state index in [0.29, 0.717) is 5.11 Å². The Morgan fingerprint density at radius 1 is 1.62 bits per heavy atom. The summed E-state index contributed by atoms with van der Waals surface area (Å²) in [5.41, 5.74) is 1.13. The summed E-state index contributed by atoms with van der Waals surface area (Å²) in [5.74, 6) is 0. The quantitative estimate of drug-likeness (QED) is 0.690.